The second-order valence-electron chi connectivity index (χ2n) is 10.7. The summed E-state index contributed by atoms with van der Waals surface area (Å²) in [7, 11) is 0. The molecule has 37 heavy (non-hydrogen) atoms. The molecule has 1 saturated heterocycles. The second kappa shape index (κ2) is 11.3. The summed E-state index contributed by atoms with van der Waals surface area (Å²) in [6, 6.07) is 7.62. The van der Waals surface area contributed by atoms with E-state index in [1.165, 1.54) is 22.5 Å². The molecule has 0 spiro atoms. The van der Waals surface area contributed by atoms with E-state index in [1.54, 1.807) is 37.4 Å². The lowest BCUT2D eigenvalue weighted by molar-refractivity contribution is -0.155. The topological polar surface area (TPSA) is 81.5 Å². The monoisotopic (exact) mass is 527 g/mol. The van der Waals surface area contributed by atoms with Crippen LogP contribution in [0.3, 0.4) is 0 Å². The summed E-state index contributed by atoms with van der Waals surface area (Å²) in [5.74, 6) is -0.725. The Bertz CT molecular complexity index is 1200. The van der Waals surface area contributed by atoms with Crippen molar-refractivity contribution < 1.29 is 23.5 Å². The first-order chi connectivity index (χ1) is 17.5. The Morgan fingerprint density at radius 2 is 1.92 bits per heavy atom. The van der Waals surface area contributed by atoms with E-state index in [2.05, 4.69) is 5.10 Å². The molecule has 0 amide bonds. The molecule has 0 radical (unpaired) electrons. The van der Waals surface area contributed by atoms with Gasteiger partial charge in [-0.15, -0.1) is 0 Å². The van der Waals surface area contributed by atoms with Crippen molar-refractivity contribution in [2.24, 2.45) is 5.92 Å². The number of piperidine rings is 1. The number of aromatic nitrogens is 2. The Labute approximate surface area is 221 Å². The van der Waals surface area contributed by atoms with E-state index in [-0.39, 0.29) is 40.4 Å². The highest BCUT2D eigenvalue weighted by Crippen LogP contribution is 2.40. The van der Waals surface area contributed by atoms with Crippen LogP contribution in [0, 0.1) is 11.7 Å². The number of esters is 1. The highest BCUT2D eigenvalue weighted by Gasteiger charge is 2.41. The lowest BCUT2D eigenvalue weighted by atomic mass is 9.93. The van der Waals surface area contributed by atoms with Crippen molar-refractivity contribution in [2.75, 3.05) is 13.1 Å². The first kappa shape index (κ1) is 27.3. The van der Waals surface area contributed by atoms with E-state index in [1.807, 2.05) is 31.7 Å². The average molecular weight is 528 g/mol. The van der Waals surface area contributed by atoms with Gasteiger partial charge in [0, 0.05) is 42.9 Å². The van der Waals surface area contributed by atoms with Crippen molar-refractivity contribution in [3.05, 3.63) is 59.2 Å². The van der Waals surface area contributed by atoms with Gasteiger partial charge in [-0.05, 0) is 63.8 Å². The molecular formula is C28H34FN3O4S. The largest absolute Gasteiger partial charge is 0.459 e. The van der Waals surface area contributed by atoms with Gasteiger partial charge >= 0.3 is 5.97 Å². The molecule has 2 heterocycles. The number of halogens is 1. The van der Waals surface area contributed by atoms with E-state index in [0.29, 0.717) is 30.8 Å². The van der Waals surface area contributed by atoms with E-state index in [9.17, 15) is 18.8 Å². The average Bonchev–Trinajstić information content (AvgIpc) is 3.56. The number of ketones is 1. The first-order valence-electron chi connectivity index (χ1n) is 12.7. The van der Waals surface area contributed by atoms with Gasteiger partial charge in [0.2, 0.25) is 0 Å². The maximum absolute atomic E-state index is 14.8. The van der Waals surface area contributed by atoms with E-state index in [0.717, 1.165) is 18.4 Å². The van der Waals surface area contributed by atoms with Crippen molar-refractivity contribution in [3.8, 4) is 0 Å². The molecule has 198 valence electrons. The highest BCUT2D eigenvalue weighted by molar-refractivity contribution is 8.14. The minimum Gasteiger partial charge on any atom is -0.459 e. The number of Topliss-reactive ketones (excluding diaryl/α,β-unsaturated/α-hetero) is 1. The van der Waals surface area contributed by atoms with Crippen molar-refractivity contribution in [3.63, 3.8) is 0 Å². The lowest BCUT2D eigenvalue weighted by Gasteiger charge is -2.38. The van der Waals surface area contributed by atoms with Gasteiger partial charge in [0.25, 0.3) is 0 Å². The van der Waals surface area contributed by atoms with Gasteiger partial charge in [-0.3, -0.25) is 24.0 Å². The van der Waals surface area contributed by atoms with E-state index < -0.39 is 11.6 Å². The second-order valence-corrected chi connectivity index (χ2v) is 12.1. The molecule has 9 heteroatoms. The number of hydrogen-bond donors (Lipinski definition) is 0. The lowest BCUT2D eigenvalue weighted by Crippen LogP contribution is -2.43. The summed E-state index contributed by atoms with van der Waals surface area (Å²) in [6.07, 6.45) is 5.97. The maximum Gasteiger partial charge on any atom is 0.328 e. The first-order valence-corrected chi connectivity index (χ1v) is 13.5. The Morgan fingerprint density at radius 1 is 1.19 bits per heavy atom. The zero-order chi connectivity index (χ0) is 26.7. The summed E-state index contributed by atoms with van der Waals surface area (Å²) in [5, 5.41) is 4.45. The van der Waals surface area contributed by atoms with Crippen molar-refractivity contribution in [2.45, 2.75) is 70.4 Å². The molecule has 2 fully saturated rings. The number of carbonyl (C=O) groups excluding carboxylic acids is 3. The predicted molar refractivity (Wildman–Crippen MR) is 141 cm³/mol. The normalized spacial score (nSPS) is 20.6. The smallest absolute Gasteiger partial charge is 0.328 e. The third-order valence-electron chi connectivity index (χ3n) is 6.31. The van der Waals surface area contributed by atoms with Crippen LogP contribution in [0.2, 0.25) is 0 Å². The van der Waals surface area contributed by atoms with Gasteiger partial charge < -0.3 is 4.74 Å². The molecule has 2 aliphatic rings. The standard InChI is InChI=1S/C28H34FN3O4S/c1-18(33)37-24-12-13-31(26(27(35)19-9-10-19)22-7-5-6-8-23(22)29)16-20(24)15-21-11-14-32(30-21)17-25(34)36-28(2,3)4/h5-8,11,14-15,19,24,26H,9-10,12-13,16-17H2,1-4H3. The van der Waals surface area contributed by atoms with E-state index >= 15 is 0 Å². The maximum atomic E-state index is 14.8. The Kier molecular flexibility index (Phi) is 8.33. The van der Waals surface area contributed by atoms with Crippen molar-refractivity contribution in [1.29, 1.82) is 0 Å². The molecule has 4 rings (SSSR count). The van der Waals surface area contributed by atoms with Crippen LogP contribution in [0.25, 0.3) is 6.08 Å². The molecule has 1 aromatic heterocycles. The molecule has 2 atom stereocenters. The molecule has 1 aliphatic carbocycles. The summed E-state index contributed by atoms with van der Waals surface area (Å²) in [4.78, 5) is 39.5. The van der Waals surface area contributed by atoms with Gasteiger partial charge in [-0.25, -0.2) is 4.39 Å². The number of carbonyl (C=O) groups is 3. The molecule has 1 saturated carbocycles. The number of nitrogens with zero attached hydrogens (tertiary/aromatic N) is 3. The van der Waals surface area contributed by atoms with Gasteiger partial charge in [0.15, 0.2) is 10.9 Å². The number of ether oxygens (including phenoxy) is 1. The summed E-state index contributed by atoms with van der Waals surface area (Å²) in [5.41, 5.74) is 1.41. The van der Waals surface area contributed by atoms with Crippen LogP contribution >= 0.6 is 11.8 Å². The van der Waals surface area contributed by atoms with Crippen LogP contribution in [-0.2, 0) is 25.7 Å². The Morgan fingerprint density at radius 3 is 2.57 bits per heavy atom. The fourth-order valence-electron chi connectivity index (χ4n) is 4.63. The molecule has 1 aliphatic heterocycles. The predicted octanol–water partition coefficient (Wildman–Crippen LogP) is 4.82. The number of rotatable bonds is 8. The fraction of sp³-hybridized carbons (Fsp3) is 0.500. The summed E-state index contributed by atoms with van der Waals surface area (Å²) >= 11 is 1.26. The summed E-state index contributed by atoms with van der Waals surface area (Å²) in [6.45, 7) is 7.97. The number of hydrogen-bond acceptors (Lipinski definition) is 7. The van der Waals surface area contributed by atoms with Crippen LogP contribution in [0.1, 0.15) is 64.3 Å². The molecule has 2 aromatic rings. The van der Waals surface area contributed by atoms with Gasteiger partial charge in [-0.1, -0.05) is 30.0 Å². The van der Waals surface area contributed by atoms with Crippen LogP contribution in [0.15, 0.2) is 42.1 Å². The van der Waals surface area contributed by atoms with Gasteiger partial charge in [0.05, 0.1) is 11.7 Å². The molecule has 0 N–H and O–H groups in total. The van der Waals surface area contributed by atoms with Crippen molar-refractivity contribution >= 4 is 34.7 Å². The zero-order valence-corrected chi connectivity index (χ0v) is 22.6. The number of thioether (sulfide) groups is 1. The minimum absolute atomic E-state index is 0.0105. The molecule has 2 unspecified atom stereocenters. The molecule has 0 bridgehead atoms. The zero-order valence-electron chi connectivity index (χ0n) is 21.8. The third-order valence-corrected chi connectivity index (χ3v) is 7.46. The molecular weight excluding hydrogens is 493 g/mol. The van der Waals surface area contributed by atoms with Gasteiger partial charge in [0.1, 0.15) is 18.0 Å². The third kappa shape index (κ3) is 7.38. The van der Waals surface area contributed by atoms with Crippen LogP contribution in [-0.4, -0.2) is 55.5 Å². The quantitative estimate of drug-likeness (QED) is 0.455. The van der Waals surface area contributed by atoms with Crippen molar-refractivity contribution in [1.82, 2.24) is 14.7 Å². The SMILES string of the molecule is CC(=O)SC1CCN(C(C(=O)C2CC2)c2ccccc2F)CC1=Cc1ccn(CC(=O)OC(C)(C)C)n1. The highest BCUT2D eigenvalue weighted by atomic mass is 32.2. The number of benzene rings is 1. The Hall–Kier alpha value is -2.78. The van der Waals surface area contributed by atoms with Gasteiger partial charge in [-0.2, -0.15) is 5.10 Å². The summed E-state index contributed by atoms with van der Waals surface area (Å²) < 4.78 is 21.7. The van der Waals surface area contributed by atoms with Crippen LogP contribution in [0.5, 0.6) is 0 Å². The van der Waals surface area contributed by atoms with Crippen LogP contribution in [0.4, 0.5) is 4.39 Å². The molecule has 7 nitrogen and oxygen atoms in total. The van der Waals surface area contributed by atoms with Crippen LogP contribution < -0.4 is 0 Å². The molecule has 1 aromatic carbocycles. The fourth-order valence-corrected chi connectivity index (χ4v) is 5.55. The van der Waals surface area contributed by atoms with E-state index in [4.69, 9.17) is 4.74 Å². The Balaban J connectivity index is 1.59. The minimum atomic E-state index is -0.662. The number of likely N-dealkylation sites (tertiary alicyclic amines) is 1.